The van der Waals surface area contributed by atoms with Crippen LogP contribution in [0.2, 0.25) is 0 Å². The molecule has 2 amide bonds. The predicted octanol–water partition coefficient (Wildman–Crippen LogP) is 4.15. The number of amides is 2. The highest BCUT2D eigenvalue weighted by Gasteiger charge is 2.97. The summed E-state index contributed by atoms with van der Waals surface area (Å²) in [5.41, 5.74) is 2.57. The van der Waals surface area contributed by atoms with E-state index in [9.17, 15) is 9.59 Å². The summed E-state index contributed by atoms with van der Waals surface area (Å²) < 4.78 is 4.90. The minimum atomic E-state index is -0.231. The van der Waals surface area contributed by atoms with Crippen LogP contribution in [-0.4, -0.2) is 92.1 Å². The third-order valence-corrected chi connectivity index (χ3v) is 11.8. The number of ether oxygens (including phenoxy) is 1. The Balaban J connectivity index is 0.930. The van der Waals surface area contributed by atoms with Gasteiger partial charge in [-0.25, -0.2) is 19.7 Å². The molecule has 6 aliphatic rings. The Hall–Kier alpha value is -3.09. The van der Waals surface area contributed by atoms with Gasteiger partial charge in [-0.3, -0.25) is 9.69 Å². The number of methoxy groups -OCH3 is 1. The summed E-state index contributed by atoms with van der Waals surface area (Å²) in [6, 6.07) is 4.23. The molecule has 1 N–H and O–H groups in total. The molecule has 4 saturated heterocycles. The number of thiazole rings is 2. The van der Waals surface area contributed by atoms with Crippen LogP contribution in [0.5, 0.6) is 0 Å². The number of aromatic nitrogens is 3. The number of hydrogen-bond acceptors (Lipinski definition) is 10. The van der Waals surface area contributed by atoms with Crippen molar-refractivity contribution in [3.8, 4) is 10.6 Å². The molecule has 2 aliphatic carbocycles. The maximum absolute atomic E-state index is 13.8. The number of nitrogens with one attached hydrogen (secondary N) is 1. The lowest BCUT2D eigenvalue weighted by molar-refractivity contribution is -0.133. The lowest BCUT2D eigenvalue weighted by Crippen LogP contribution is -2.79. The summed E-state index contributed by atoms with van der Waals surface area (Å²) in [5.74, 6) is 2.11. The smallest absolute Gasteiger partial charge is 0.409 e. The maximum atomic E-state index is 13.8. The molecule has 9 rings (SSSR count). The Morgan fingerprint density at radius 1 is 1.15 bits per heavy atom. The lowest BCUT2D eigenvalue weighted by atomic mass is 9.68. The van der Waals surface area contributed by atoms with Gasteiger partial charge in [0.15, 0.2) is 5.13 Å². The van der Waals surface area contributed by atoms with Crippen molar-refractivity contribution in [3.63, 3.8) is 0 Å². The largest absolute Gasteiger partial charge is 0.453 e. The molecule has 0 aromatic carbocycles. The molecular formula is C28H31N7O3S2. The van der Waals surface area contributed by atoms with E-state index in [1.54, 1.807) is 22.4 Å². The molecular weight excluding hydrogens is 546 g/mol. The fourth-order valence-corrected chi connectivity index (χ4v) is 10.0. The van der Waals surface area contributed by atoms with E-state index in [0.29, 0.717) is 29.3 Å². The van der Waals surface area contributed by atoms with Crippen LogP contribution in [0.3, 0.4) is 0 Å². The van der Waals surface area contributed by atoms with Gasteiger partial charge < -0.3 is 19.9 Å². The van der Waals surface area contributed by atoms with Crippen LogP contribution < -0.4 is 5.32 Å². The van der Waals surface area contributed by atoms with Crippen molar-refractivity contribution in [3.05, 3.63) is 40.0 Å². The molecule has 6 fully saturated rings. The number of carbonyl (C=O) groups excluding carboxylic acids is 2. The third-order valence-electron chi connectivity index (χ3n) is 9.92. The maximum Gasteiger partial charge on any atom is 0.409 e. The van der Waals surface area contributed by atoms with Crippen LogP contribution in [0, 0.1) is 25.7 Å². The molecule has 3 aromatic rings. The van der Waals surface area contributed by atoms with E-state index in [4.69, 9.17) is 9.72 Å². The lowest BCUT2D eigenvalue weighted by Gasteiger charge is -2.64. The fraction of sp³-hybridized carbons (Fsp3) is 0.536. The molecule has 7 heterocycles. The molecule has 10 nitrogen and oxygen atoms in total. The average molecular weight is 578 g/mol. The van der Waals surface area contributed by atoms with E-state index in [1.165, 1.54) is 18.4 Å². The van der Waals surface area contributed by atoms with Crippen LogP contribution in [0.15, 0.2) is 23.7 Å². The van der Waals surface area contributed by atoms with Gasteiger partial charge in [-0.1, -0.05) is 0 Å². The van der Waals surface area contributed by atoms with Crippen LogP contribution in [0.25, 0.3) is 10.6 Å². The fourth-order valence-electron chi connectivity index (χ4n) is 8.35. The number of piperazine rings is 1. The van der Waals surface area contributed by atoms with Crippen molar-refractivity contribution in [2.45, 2.75) is 50.2 Å². The molecule has 2 bridgehead atoms. The molecule has 12 heteroatoms. The first-order chi connectivity index (χ1) is 19.3. The van der Waals surface area contributed by atoms with Gasteiger partial charge in [-0.05, 0) is 51.2 Å². The summed E-state index contributed by atoms with van der Waals surface area (Å²) in [6.07, 6.45) is 4.52. The van der Waals surface area contributed by atoms with Gasteiger partial charge in [0.25, 0.3) is 5.91 Å². The second-order valence-electron chi connectivity index (χ2n) is 11.9. The summed E-state index contributed by atoms with van der Waals surface area (Å²) in [5, 5.41) is 7.12. The summed E-state index contributed by atoms with van der Waals surface area (Å²) >= 11 is 3.18. The zero-order valence-electron chi connectivity index (χ0n) is 22.7. The number of piperidine rings is 3. The van der Waals surface area contributed by atoms with Gasteiger partial charge in [-0.2, -0.15) is 0 Å². The number of nitrogens with zero attached hydrogens (tertiary/aromatic N) is 6. The molecule has 40 heavy (non-hydrogen) atoms. The standard InChI is InChI=1S/C28H31N7O3S2/c1-15-22(40-16(2)30-15)20-12-39-25(31-20)32-21-5-4-17(11-29-21)24(36)35-27-10-19-23(27)28(19,35)14-34(13-27)18-6-8-33(9-7-18)26(37)38-3/h4-5,11-12,18-19,23H,6-10,13-14H2,1-3H3,(H,29,31,32)/t19?,23-,27-,28-/m1/s1. The van der Waals surface area contributed by atoms with E-state index in [0.717, 1.165) is 71.8 Å². The number of pyridine rings is 1. The van der Waals surface area contributed by atoms with E-state index < -0.39 is 0 Å². The Bertz CT molecular complexity index is 1520. The molecule has 4 aliphatic heterocycles. The SMILES string of the molecule is COC(=O)N1CCC(N2C[C@]34CC5[C@H]3[C@]5(C2)N4C(=O)c2ccc(Nc3nc(-c4sc(C)nc4C)cs3)nc2)CC1. The van der Waals surface area contributed by atoms with Crippen molar-refractivity contribution in [2.24, 2.45) is 11.8 Å². The first-order valence-corrected chi connectivity index (χ1v) is 15.6. The minimum Gasteiger partial charge on any atom is -0.453 e. The Morgan fingerprint density at radius 3 is 2.65 bits per heavy atom. The number of aryl methyl sites for hydroxylation is 2. The second kappa shape index (κ2) is 8.46. The number of carbonyl (C=O) groups is 2. The summed E-state index contributed by atoms with van der Waals surface area (Å²) in [4.78, 5) is 47.2. The molecule has 0 radical (unpaired) electrons. The highest BCUT2D eigenvalue weighted by Crippen LogP contribution is 2.86. The zero-order chi connectivity index (χ0) is 27.4. The topological polar surface area (TPSA) is 104 Å². The molecule has 3 aromatic heterocycles. The van der Waals surface area contributed by atoms with Crippen LogP contribution in [0.1, 0.15) is 40.3 Å². The van der Waals surface area contributed by atoms with Crippen molar-refractivity contribution >= 4 is 45.6 Å². The predicted molar refractivity (Wildman–Crippen MR) is 152 cm³/mol. The second-order valence-corrected chi connectivity index (χ2v) is 13.9. The normalized spacial score (nSPS) is 30.3. The summed E-state index contributed by atoms with van der Waals surface area (Å²) in [7, 11) is 1.44. The van der Waals surface area contributed by atoms with Crippen molar-refractivity contribution in [1.82, 2.24) is 29.7 Å². The Morgan fingerprint density at radius 2 is 1.98 bits per heavy atom. The Labute approximate surface area is 240 Å². The third kappa shape index (κ3) is 3.26. The highest BCUT2D eigenvalue weighted by molar-refractivity contribution is 7.16. The van der Waals surface area contributed by atoms with Crippen molar-refractivity contribution in [2.75, 3.05) is 38.6 Å². The summed E-state index contributed by atoms with van der Waals surface area (Å²) in [6.45, 7) is 7.39. The van der Waals surface area contributed by atoms with E-state index in [2.05, 4.69) is 25.1 Å². The Kier molecular flexibility index (Phi) is 5.22. The molecule has 2 spiro atoms. The highest BCUT2D eigenvalue weighted by atomic mass is 32.1. The first kappa shape index (κ1) is 24.7. The van der Waals surface area contributed by atoms with Gasteiger partial charge >= 0.3 is 6.09 Å². The number of hydrogen-bond donors (Lipinski definition) is 1. The number of fused-ring (bicyclic) bond motifs is 2. The minimum absolute atomic E-state index is 0.0101. The van der Waals surface area contributed by atoms with E-state index >= 15 is 0 Å². The monoisotopic (exact) mass is 577 g/mol. The molecule has 208 valence electrons. The van der Waals surface area contributed by atoms with Gasteiger partial charge in [0, 0.05) is 49.7 Å². The quantitative estimate of drug-likeness (QED) is 0.483. The van der Waals surface area contributed by atoms with Crippen LogP contribution in [0.4, 0.5) is 15.7 Å². The molecule has 2 saturated carbocycles. The number of rotatable bonds is 5. The van der Waals surface area contributed by atoms with Gasteiger partial charge in [0.05, 0.1) is 45.0 Å². The average Bonchev–Trinajstić information content (AvgIpc) is 3.32. The van der Waals surface area contributed by atoms with Gasteiger partial charge in [0.1, 0.15) is 5.82 Å². The van der Waals surface area contributed by atoms with E-state index in [1.807, 2.05) is 31.4 Å². The van der Waals surface area contributed by atoms with Crippen LogP contribution in [-0.2, 0) is 4.74 Å². The molecule has 1 unspecified atom stereocenters. The molecule has 4 atom stereocenters. The zero-order valence-corrected chi connectivity index (χ0v) is 24.3. The first-order valence-electron chi connectivity index (χ1n) is 13.9. The van der Waals surface area contributed by atoms with Crippen molar-refractivity contribution in [1.29, 1.82) is 0 Å². The van der Waals surface area contributed by atoms with Crippen LogP contribution >= 0.6 is 22.7 Å². The van der Waals surface area contributed by atoms with Gasteiger partial charge in [-0.15, -0.1) is 22.7 Å². The van der Waals surface area contributed by atoms with Crippen molar-refractivity contribution < 1.29 is 14.3 Å². The van der Waals surface area contributed by atoms with E-state index in [-0.39, 0.29) is 23.1 Å². The number of likely N-dealkylation sites (tertiary alicyclic amines) is 1. The van der Waals surface area contributed by atoms with Gasteiger partial charge in [0.2, 0.25) is 0 Å². The number of anilines is 2.